The van der Waals surface area contributed by atoms with E-state index in [1.807, 2.05) is 0 Å². The monoisotopic (exact) mass is 212 g/mol. The van der Waals surface area contributed by atoms with Crippen molar-refractivity contribution in [2.24, 2.45) is 5.92 Å². The Morgan fingerprint density at radius 1 is 1.33 bits per heavy atom. The molecule has 0 aromatic heterocycles. The predicted octanol–water partition coefficient (Wildman–Crippen LogP) is 2.49. The van der Waals surface area contributed by atoms with Crippen molar-refractivity contribution in [2.75, 3.05) is 19.6 Å². The Bertz CT molecular complexity index is 162. The molecule has 0 amide bonds. The van der Waals surface area contributed by atoms with E-state index < -0.39 is 0 Å². The van der Waals surface area contributed by atoms with Crippen molar-refractivity contribution in [3.8, 4) is 0 Å². The van der Waals surface area contributed by atoms with E-state index in [-0.39, 0.29) is 0 Å². The molecule has 1 fully saturated rings. The van der Waals surface area contributed by atoms with Gasteiger partial charge in [-0.05, 0) is 59.0 Å². The van der Waals surface area contributed by atoms with Gasteiger partial charge in [-0.15, -0.1) is 0 Å². The minimum absolute atomic E-state index is 0.682. The molecule has 1 saturated heterocycles. The summed E-state index contributed by atoms with van der Waals surface area (Å²) in [6, 6.07) is 1.41. The van der Waals surface area contributed by atoms with Crippen LogP contribution in [-0.4, -0.2) is 36.6 Å². The zero-order chi connectivity index (χ0) is 11.3. The second-order valence-corrected chi connectivity index (χ2v) is 5.26. The van der Waals surface area contributed by atoms with Crippen LogP contribution in [0.25, 0.3) is 0 Å². The average Bonchev–Trinajstić information content (AvgIpc) is 2.26. The molecule has 1 heterocycles. The Balaban J connectivity index is 2.42. The quantitative estimate of drug-likeness (QED) is 0.753. The molecule has 1 aliphatic rings. The summed E-state index contributed by atoms with van der Waals surface area (Å²) in [6.45, 7) is 13.0. The molecule has 2 atom stereocenters. The average molecular weight is 212 g/mol. The first-order chi connectivity index (χ1) is 7.15. The molecule has 2 nitrogen and oxygen atoms in total. The molecule has 0 radical (unpaired) electrons. The second kappa shape index (κ2) is 6.49. The van der Waals surface area contributed by atoms with Crippen molar-refractivity contribution >= 4 is 0 Å². The Labute approximate surface area is 95.4 Å². The second-order valence-electron chi connectivity index (χ2n) is 5.26. The molecule has 0 saturated carbocycles. The summed E-state index contributed by atoms with van der Waals surface area (Å²) in [5, 5.41) is 3.51. The molecule has 90 valence electrons. The highest BCUT2D eigenvalue weighted by Gasteiger charge is 2.21. The lowest BCUT2D eigenvalue weighted by molar-refractivity contribution is 0.124. The molecule has 0 aliphatic carbocycles. The fourth-order valence-corrected chi connectivity index (χ4v) is 2.51. The highest BCUT2D eigenvalue weighted by atomic mass is 15.2. The first kappa shape index (κ1) is 13.0. The van der Waals surface area contributed by atoms with Crippen LogP contribution in [0.5, 0.6) is 0 Å². The van der Waals surface area contributed by atoms with Gasteiger partial charge in [0, 0.05) is 18.6 Å². The lowest BCUT2D eigenvalue weighted by Gasteiger charge is -2.36. The first-order valence-electron chi connectivity index (χ1n) is 6.61. The van der Waals surface area contributed by atoms with Crippen LogP contribution in [0, 0.1) is 5.92 Å². The van der Waals surface area contributed by atoms with Crippen molar-refractivity contribution in [1.82, 2.24) is 10.2 Å². The minimum atomic E-state index is 0.682. The lowest BCUT2D eigenvalue weighted by Crippen LogP contribution is -2.45. The molecular formula is C13H28N2. The van der Waals surface area contributed by atoms with Gasteiger partial charge in [0.15, 0.2) is 0 Å². The van der Waals surface area contributed by atoms with Crippen LogP contribution in [0.3, 0.4) is 0 Å². The van der Waals surface area contributed by atoms with E-state index in [4.69, 9.17) is 0 Å². The van der Waals surface area contributed by atoms with Gasteiger partial charge in [-0.1, -0.05) is 6.92 Å². The van der Waals surface area contributed by atoms with Crippen molar-refractivity contribution in [2.45, 2.75) is 59.0 Å². The number of hydrogen-bond donors (Lipinski definition) is 1. The molecule has 1 N–H and O–H groups in total. The first-order valence-corrected chi connectivity index (χ1v) is 6.61. The van der Waals surface area contributed by atoms with E-state index in [1.54, 1.807) is 0 Å². The van der Waals surface area contributed by atoms with E-state index in [1.165, 1.54) is 38.9 Å². The molecule has 1 rings (SSSR count). The Kier molecular flexibility index (Phi) is 5.62. The van der Waals surface area contributed by atoms with Gasteiger partial charge in [-0.2, -0.15) is 0 Å². The smallest absolute Gasteiger partial charge is 0.00671 e. The summed E-state index contributed by atoms with van der Waals surface area (Å²) in [5.74, 6) is 0.871. The van der Waals surface area contributed by atoms with Crippen molar-refractivity contribution in [3.05, 3.63) is 0 Å². The molecule has 2 unspecified atom stereocenters. The van der Waals surface area contributed by atoms with Gasteiger partial charge < -0.3 is 5.32 Å². The predicted molar refractivity (Wildman–Crippen MR) is 67.2 cm³/mol. The largest absolute Gasteiger partial charge is 0.316 e. The molecular weight excluding hydrogens is 184 g/mol. The van der Waals surface area contributed by atoms with Gasteiger partial charge in [0.1, 0.15) is 0 Å². The maximum Gasteiger partial charge on any atom is 0.00671 e. The standard InChI is InChI=1S/C13H28N2/c1-5-12(4)15(11(2)3)10-13-7-6-8-14-9-13/h11-14H,5-10H2,1-4H3. The fourth-order valence-electron chi connectivity index (χ4n) is 2.51. The van der Waals surface area contributed by atoms with E-state index in [0.29, 0.717) is 6.04 Å². The number of piperidine rings is 1. The van der Waals surface area contributed by atoms with Crippen LogP contribution >= 0.6 is 0 Å². The minimum Gasteiger partial charge on any atom is -0.316 e. The van der Waals surface area contributed by atoms with Crippen LogP contribution < -0.4 is 5.32 Å². The van der Waals surface area contributed by atoms with E-state index in [0.717, 1.165) is 12.0 Å². The zero-order valence-electron chi connectivity index (χ0n) is 10.9. The van der Waals surface area contributed by atoms with Crippen molar-refractivity contribution < 1.29 is 0 Å². The van der Waals surface area contributed by atoms with Crippen LogP contribution in [0.2, 0.25) is 0 Å². The van der Waals surface area contributed by atoms with Crippen molar-refractivity contribution in [3.63, 3.8) is 0 Å². The van der Waals surface area contributed by atoms with Gasteiger partial charge in [0.2, 0.25) is 0 Å². The number of nitrogens with one attached hydrogen (secondary N) is 1. The third-order valence-corrected chi connectivity index (χ3v) is 3.69. The summed E-state index contributed by atoms with van der Waals surface area (Å²) >= 11 is 0. The maximum atomic E-state index is 3.51. The van der Waals surface area contributed by atoms with Crippen molar-refractivity contribution in [1.29, 1.82) is 0 Å². The molecule has 0 aromatic carbocycles. The summed E-state index contributed by atoms with van der Waals surface area (Å²) in [4.78, 5) is 2.66. The summed E-state index contributed by atoms with van der Waals surface area (Å²) in [7, 11) is 0. The van der Waals surface area contributed by atoms with Gasteiger partial charge >= 0.3 is 0 Å². The normalized spacial score (nSPS) is 24.8. The number of rotatable bonds is 5. The summed E-state index contributed by atoms with van der Waals surface area (Å²) < 4.78 is 0. The Hall–Kier alpha value is -0.0800. The van der Waals surface area contributed by atoms with E-state index in [9.17, 15) is 0 Å². The topological polar surface area (TPSA) is 15.3 Å². The molecule has 0 aromatic rings. The van der Waals surface area contributed by atoms with Crippen LogP contribution in [0.4, 0.5) is 0 Å². The third-order valence-electron chi connectivity index (χ3n) is 3.69. The maximum absolute atomic E-state index is 3.51. The lowest BCUT2D eigenvalue weighted by atomic mass is 9.97. The Morgan fingerprint density at radius 3 is 2.53 bits per heavy atom. The molecule has 1 aliphatic heterocycles. The molecule has 0 bridgehead atoms. The SMILES string of the molecule is CCC(C)N(CC1CCCNC1)C(C)C. The Morgan fingerprint density at radius 2 is 2.07 bits per heavy atom. The summed E-state index contributed by atoms with van der Waals surface area (Å²) in [6.07, 6.45) is 4.03. The highest BCUT2D eigenvalue weighted by Crippen LogP contribution is 2.16. The van der Waals surface area contributed by atoms with E-state index in [2.05, 4.69) is 37.9 Å². The van der Waals surface area contributed by atoms with Crippen LogP contribution in [0.15, 0.2) is 0 Å². The molecule has 2 heteroatoms. The molecule has 0 spiro atoms. The van der Waals surface area contributed by atoms with E-state index >= 15 is 0 Å². The van der Waals surface area contributed by atoms with Gasteiger partial charge in [0.25, 0.3) is 0 Å². The number of hydrogen-bond acceptors (Lipinski definition) is 2. The van der Waals surface area contributed by atoms with Crippen LogP contribution in [-0.2, 0) is 0 Å². The van der Waals surface area contributed by atoms with Gasteiger partial charge in [0.05, 0.1) is 0 Å². The highest BCUT2D eigenvalue weighted by molar-refractivity contribution is 4.77. The fraction of sp³-hybridized carbons (Fsp3) is 1.00. The number of nitrogens with zero attached hydrogens (tertiary/aromatic N) is 1. The molecule has 15 heavy (non-hydrogen) atoms. The van der Waals surface area contributed by atoms with Gasteiger partial charge in [-0.3, -0.25) is 4.90 Å². The third kappa shape index (κ3) is 4.12. The van der Waals surface area contributed by atoms with Gasteiger partial charge in [-0.25, -0.2) is 0 Å². The van der Waals surface area contributed by atoms with Crippen LogP contribution in [0.1, 0.15) is 47.0 Å². The zero-order valence-corrected chi connectivity index (χ0v) is 10.9. The summed E-state index contributed by atoms with van der Waals surface area (Å²) in [5.41, 5.74) is 0.